The minimum Gasteiger partial charge on any atom is -0.476 e. The van der Waals surface area contributed by atoms with Crippen LogP contribution in [0.1, 0.15) is 30.0 Å². The number of hydrogen-bond donors (Lipinski definition) is 3. The molecule has 0 bridgehead atoms. The zero-order chi connectivity index (χ0) is 15.3. The van der Waals surface area contributed by atoms with Gasteiger partial charge in [-0.05, 0) is 12.8 Å². The highest BCUT2D eigenvalue weighted by atomic mass is 16.4. The Balaban J connectivity index is 2.54. The fourth-order valence-corrected chi connectivity index (χ4v) is 1.35. The van der Waals surface area contributed by atoms with Crippen molar-refractivity contribution in [2.45, 2.75) is 27.3 Å². The fourth-order valence-electron chi connectivity index (χ4n) is 1.35. The molecular formula is C11H17N5O4. The summed E-state index contributed by atoms with van der Waals surface area (Å²) >= 11 is 0. The first-order valence-corrected chi connectivity index (χ1v) is 6.02. The first-order valence-electron chi connectivity index (χ1n) is 6.02. The van der Waals surface area contributed by atoms with Crippen molar-refractivity contribution in [3.63, 3.8) is 0 Å². The van der Waals surface area contributed by atoms with Crippen LogP contribution >= 0.6 is 0 Å². The van der Waals surface area contributed by atoms with Gasteiger partial charge in [-0.25, -0.2) is 14.3 Å². The molecule has 3 N–H and O–H groups in total. The lowest BCUT2D eigenvalue weighted by atomic mass is 10.2. The molecule has 9 heteroatoms. The molecule has 0 spiro atoms. The number of amides is 3. The molecule has 0 radical (unpaired) electrons. The highest BCUT2D eigenvalue weighted by molar-refractivity contribution is 5.94. The normalized spacial score (nSPS) is 10.4. The molecule has 0 aromatic carbocycles. The summed E-state index contributed by atoms with van der Waals surface area (Å²) in [6.45, 7) is 5.50. The molecule has 0 unspecified atom stereocenters. The van der Waals surface area contributed by atoms with Gasteiger partial charge in [0, 0.05) is 6.54 Å². The maximum absolute atomic E-state index is 11.6. The molecule has 0 saturated heterocycles. The van der Waals surface area contributed by atoms with E-state index < -0.39 is 17.9 Å². The first-order chi connectivity index (χ1) is 9.31. The number of carboxylic acid groups (broad SMARTS) is 1. The summed E-state index contributed by atoms with van der Waals surface area (Å²) in [7, 11) is 0. The van der Waals surface area contributed by atoms with E-state index in [9.17, 15) is 14.4 Å². The van der Waals surface area contributed by atoms with Crippen molar-refractivity contribution in [2.75, 3.05) is 6.54 Å². The number of carbonyl (C=O) groups excluding carboxylic acids is 2. The molecule has 0 aliphatic heterocycles. The Bertz CT molecular complexity index is 523. The van der Waals surface area contributed by atoms with Gasteiger partial charge in [0.15, 0.2) is 5.69 Å². The van der Waals surface area contributed by atoms with Crippen LogP contribution in [-0.2, 0) is 11.3 Å². The topological polar surface area (TPSA) is 126 Å². The predicted molar refractivity (Wildman–Crippen MR) is 68.1 cm³/mol. The van der Waals surface area contributed by atoms with Gasteiger partial charge in [0.25, 0.3) is 0 Å². The third-order valence-corrected chi connectivity index (χ3v) is 2.40. The number of aromatic carboxylic acids is 1. The van der Waals surface area contributed by atoms with Crippen LogP contribution in [0.2, 0.25) is 0 Å². The minimum absolute atomic E-state index is 0.220. The molecule has 1 heterocycles. The van der Waals surface area contributed by atoms with Crippen molar-refractivity contribution in [2.24, 2.45) is 5.92 Å². The third kappa shape index (κ3) is 4.34. The lowest BCUT2D eigenvalue weighted by molar-refractivity contribution is -0.120. The van der Waals surface area contributed by atoms with E-state index >= 15 is 0 Å². The van der Waals surface area contributed by atoms with Crippen molar-refractivity contribution in [3.8, 4) is 0 Å². The van der Waals surface area contributed by atoms with Gasteiger partial charge < -0.3 is 10.4 Å². The first kappa shape index (κ1) is 15.6. The highest BCUT2D eigenvalue weighted by Crippen LogP contribution is 2.02. The van der Waals surface area contributed by atoms with Crippen LogP contribution < -0.4 is 10.6 Å². The van der Waals surface area contributed by atoms with Crippen molar-refractivity contribution >= 4 is 17.9 Å². The fraction of sp³-hybridized carbons (Fsp3) is 0.545. The zero-order valence-corrected chi connectivity index (χ0v) is 11.5. The van der Waals surface area contributed by atoms with Crippen LogP contribution in [-0.4, -0.2) is 44.6 Å². The van der Waals surface area contributed by atoms with Gasteiger partial charge in [-0.1, -0.05) is 19.1 Å². The van der Waals surface area contributed by atoms with E-state index in [4.69, 9.17) is 5.11 Å². The van der Waals surface area contributed by atoms with Gasteiger partial charge in [0.05, 0.1) is 5.69 Å². The van der Waals surface area contributed by atoms with E-state index in [1.165, 1.54) is 6.92 Å². The van der Waals surface area contributed by atoms with Gasteiger partial charge in [-0.2, -0.15) is 0 Å². The number of nitrogens with one attached hydrogen (secondary N) is 2. The standard InChI is InChI=1S/C11H17N5O4/c1-6(2)4-12-11(20)13-8(17)5-16-7(3)9(10(18)19)14-15-16/h6H,4-5H2,1-3H3,(H,18,19)(H2,12,13,17,20). The van der Waals surface area contributed by atoms with Crippen molar-refractivity contribution in [1.29, 1.82) is 0 Å². The number of carbonyl (C=O) groups is 3. The second kappa shape index (κ2) is 6.64. The SMILES string of the molecule is Cc1c(C(=O)O)nnn1CC(=O)NC(=O)NCC(C)C. The van der Waals surface area contributed by atoms with Crippen LogP contribution in [0.3, 0.4) is 0 Å². The molecule has 1 aromatic rings. The van der Waals surface area contributed by atoms with E-state index in [0.29, 0.717) is 6.54 Å². The largest absolute Gasteiger partial charge is 0.476 e. The Morgan fingerprint density at radius 3 is 2.50 bits per heavy atom. The molecular weight excluding hydrogens is 266 g/mol. The highest BCUT2D eigenvalue weighted by Gasteiger charge is 2.17. The summed E-state index contributed by atoms with van der Waals surface area (Å²) in [5.74, 6) is -1.55. The maximum atomic E-state index is 11.6. The minimum atomic E-state index is -1.22. The monoisotopic (exact) mass is 283 g/mol. The van der Waals surface area contributed by atoms with E-state index in [0.717, 1.165) is 4.68 Å². The van der Waals surface area contributed by atoms with E-state index in [2.05, 4.69) is 20.9 Å². The van der Waals surface area contributed by atoms with Crippen LogP contribution in [0.25, 0.3) is 0 Å². The van der Waals surface area contributed by atoms with E-state index in [1.54, 1.807) is 0 Å². The maximum Gasteiger partial charge on any atom is 0.358 e. The Morgan fingerprint density at radius 1 is 1.35 bits per heavy atom. The van der Waals surface area contributed by atoms with Crippen LogP contribution in [0.4, 0.5) is 4.79 Å². The second-order valence-electron chi connectivity index (χ2n) is 4.64. The lowest BCUT2D eigenvalue weighted by Crippen LogP contribution is -2.42. The number of aromatic nitrogens is 3. The summed E-state index contributed by atoms with van der Waals surface area (Å²) in [5.41, 5.74) is 0.0253. The number of imide groups is 1. The van der Waals surface area contributed by atoms with Crippen molar-refractivity contribution in [1.82, 2.24) is 25.6 Å². The molecule has 0 aliphatic rings. The molecule has 3 amide bonds. The number of nitrogens with zero attached hydrogens (tertiary/aromatic N) is 3. The molecule has 0 atom stereocenters. The van der Waals surface area contributed by atoms with Gasteiger partial charge >= 0.3 is 12.0 Å². The molecule has 110 valence electrons. The summed E-state index contributed by atoms with van der Waals surface area (Å²) in [4.78, 5) is 33.7. The summed E-state index contributed by atoms with van der Waals surface area (Å²) in [6.07, 6.45) is 0. The van der Waals surface area contributed by atoms with Crippen LogP contribution in [0.15, 0.2) is 0 Å². The molecule has 1 aromatic heterocycles. The van der Waals surface area contributed by atoms with E-state index in [1.807, 2.05) is 13.8 Å². The summed E-state index contributed by atoms with van der Waals surface area (Å²) < 4.78 is 1.12. The summed E-state index contributed by atoms with van der Waals surface area (Å²) in [6, 6.07) is -0.597. The molecule has 1 rings (SSSR count). The average Bonchev–Trinajstić information content (AvgIpc) is 2.68. The van der Waals surface area contributed by atoms with Crippen LogP contribution in [0.5, 0.6) is 0 Å². The number of rotatable bonds is 5. The number of hydrogen-bond acceptors (Lipinski definition) is 5. The van der Waals surface area contributed by atoms with Crippen molar-refractivity contribution < 1.29 is 19.5 Å². The number of urea groups is 1. The Hall–Kier alpha value is -2.45. The Labute approximate surface area is 115 Å². The molecule has 9 nitrogen and oxygen atoms in total. The molecule has 0 fully saturated rings. The van der Waals surface area contributed by atoms with Gasteiger partial charge in [0.1, 0.15) is 6.54 Å². The Morgan fingerprint density at radius 2 is 2.00 bits per heavy atom. The average molecular weight is 283 g/mol. The predicted octanol–water partition coefficient (Wildman–Crippen LogP) is -0.233. The third-order valence-electron chi connectivity index (χ3n) is 2.40. The molecule has 0 aliphatic carbocycles. The summed E-state index contributed by atoms with van der Waals surface area (Å²) in [5, 5.41) is 20.4. The smallest absolute Gasteiger partial charge is 0.358 e. The Kier molecular flexibility index (Phi) is 5.18. The van der Waals surface area contributed by atoms with Crippen molar-refractivity contribution in [3.05, 3.63) is 11.4 Å². The van der Waals surface area contributed by atoms with E-state index in [-0.39, 0.29) is 23.9 Å². The number of carboxylic acids is 1. The van der Waals surface area contributed by atoms with Gasteiger partial charge in [-0.15, -0.1) is 5.10 Å². The van der Waals surface area contributed by atoms with Gasteiger partial charge in [-0.3, -0.25) is 10.1 Å². The molecule has 0 saturated carbocycles. The lowest BCUT2D eigenvalue weighted by Gasteiger charge is -2.08. The second-order valence-corrected chi connectivity index (χ2v) is 4.64. The van der Waals surface area contributed by atoms with Gasteiger partial charge in [0.2, 0.25) is 5.91 Å². The zero-order valence-electron chi connectivity index (χ0n) is 11.5. The molecule has 20 heavy (non-hydrogen) atoms. The van der Waals surface area contributed by atoms with Crippen LogP contribution in [0, 0.1) is 12.8 Å². The quantitative estimate of drug-likeness (QED) is 0.685.